The normalized spacial score (nSPS) is 15.7. The van der Waals surface area contributed by atoms with Crippen LogP contribution in [0.25, 0.3) is 285 Å². The summed E-state index contributed by atoms with van der Waals surface area (Å²) in [7, 11) is 0. The fourth-order valence-corrected chi connectivity index (χ4v) is 25.0. The van der Waals surface area contributed by atoms with Gasteiger partial charge in [-0.25, -0.2) is 0 Å². The minimum atomic E-state index is -0.434. The molecule has 29 aromatic rings. The summed E-state index contributed by atoms with van der Waals surface area (Å²) in [5, 5.41) is 13.2. The first-order valence-electron chi connectivity index (χ1n) is 62.5. The lowest BCUT2D eigenvalue weighted by atomic mass is 9.80. The molecule has 0 radical (unpaired) electrons. The van der Waals surface area contributed by atoms with E-state index in [1.807, 2.05) is 224 Å². The highest BCUT2D eigenvalue weighted by molar-refractivity contribution is 6.29. The number of hydrogen-bond donors (Lipinski definition) is 0. The number of fused-ring (bicyclic) bond motifs is 30. The average molecular weight is 1940 g/mol. The zero-order chi connectivity index (χ0) is 121. The molecule has 0 amide bonds. The zero-order valence-corrected chi connectivity index (χ0v) is 82.1. The van der Waals surface area contributed by atoms with Gasteiger partial charge in [-0.3, -0.25) is 0 Å². The van der Waals surface area contributed by atoms with Crippen LogP contribution in [0.15, 0.2) is 498 Å². The molecule has 150 heavy (non-hydrogen) atoms. The van der Waals surface area contributed by atoms with Gasteiger partial charge in [-0.15, -0.1) is 0 Å². The van der Waals surface area contributed by atoms with Crippen molar-refractivity contribution in [2.75, 3.05) is 0 Å². The minimum Gasteiger partial charge on any atom is -0.456 e. The second kappa shape index (κ2) is 33.2. The van der Waals surface area contributed by atoms with E-state index in [0.29, 0.717) is 100 Å². The van der Waals surface area contributed by atoms with Crippen molar-refractivity contribution >= 4 is 163 Å². The van der Waals surface area contributed by atoms with Crippen LogP contribution in [0.1, 0.15) is 108 Å². The summed E-state index contributed by atoms with van der Waals surface area (Å²) in [4.78, 5) is 0. The van der Waals surface area contributed by atoms with E-state index in [2.05, 4.69) is 139 Å². The van der Waals surface area contributed by atoms with Gasteiger partial charge < -0.3 is 13.3 Å². The molecule has 3 aliphatic carbocycles. The molecule has 0 spiro atoms. The van der Waals surface area contributed by atoms with Crippen molar-refractivity contribution < 1.29 is 46.1 Å². The Morgan fingerprint density at radius 2 is 0.373 bits per heavy atom. The fraction of sp³-hybridized carbons (Fsp3) is 0.0612. The van der Waals surface area contributed by atoms with Gasteiger partial charge in [0.05, 0.1) is 32.9 Å². The second-order valence-corrected chi connectivity index (χ2v) is 41.1. The Morgan fingerprint density at radius 3 is 0.700 bits per heavy atom. The molecule has 704 valence electrons. The van der Waals surface area contributed by atoms with Crippen molar-refractivity contribution in [3.63, 3.8) is 0 Å². The Hall–Kier alpha value is -18.5. The molecule has 0 bridgehead atoms. The van der Waals surface area contributed by atoms with E-state index in [4.69, 9.17) is 29.7 Å². The molecule has 0 aliphatic heterocycles. The van der Waals surface area contributed by atoms with Crippen LogP contribution in [-0.4, -0.2) is 0 Å². The van der Waals surface area contributed by atoms with E-state index in [-0.39, 0.29) is 153 Å². The number of hydrogen-bond acceptors (Lipinski definition) is 3. The van der Waals surface area contributed by atoms with Gasteiger partial charge in [-0.1, -0.05) is 447 Å². The van der Waals surface area contributed by atoms with E-state index >= 15 is 0 Å². The predicted octanol–water partition coefficient (Wildman–Crippen LogP) is 41.4. The van der Waals surface area contributed by atoms with Crippen molar-refractivity contribution in [1.29, 1.82) is 0 Å². The molecular weight excluding hydrogens is 1810 g/mol. The van der Waals surface area contributed by atoms with E-state index in [9.17, 15) is 16.4 Å². The summed E-state index contributed by atoms with van der Waals surface area (Å²) in [6.07, 6.45) is 0. The predicted molar refractivity (Wildman–Crippen MR) is 635 cm³/mol. The molecule has 0 N–H and O–H groups in total. The molecule has 3 heteroatoms. The molecule has 3 aromatic heterocycles. The third kappa shape index (κ3) is 13.2. The van der Waals surface area contributed by atoms with Crippen LogP contribution in [0.2, 0.25) is 0 Å². The molecule has 32 rings (SSSR count). The zero-order valence-electron chi connectivity index (χ0n) is 106. The van der Waals surface area contributed by atoms with Crippen LogP contribution < -0.4 is 0 Å². The lowest BCUT2D eigenvalue weighted by molar-refractivity contribution is 0.660. The fourth-order valence-electron chi connectivity index (χ4n) is 25.0. The van der Waals surface area contributed by atoms with Crippen molar-refractivity contribution in [3.05, 3.63) is 518 Å². The maximum atomic E-state index is 9.49. The van der Waals surface area contributed by atoms with Crippen molar-refractivity contribution in [2.24, 2.45) is 0 Å². The number of rotatable bonds is 8. The summed E-state index contributed by atoms with van der Waals surface area (Å²) in [6, 6.07) is 103. The molecule has 0 saturated carbocycles. The van der Waals surface area contributed by atoms with E-state index < -0.39 is 72.5 Å². The van der Waals surface area contributed by atoms with Gasteiger partial charge in [0.1, 0.15) is 33.5 Å². The van der Waals surface area contributed by atoms with Crippen molar-refractivity contribution in [3.8, 4) is 122 Å². The summed E-state index contributed by atoms with van der Waals surface area (Å²) in [6.45, 7) is 13.2. The number of benzene rings is 26. The van der Waals surface area contributed by atoms with Crippen molar-refractivity contribution in [1.82, 2.24) is 0 Å². The van der Waals surface area contributed by atoms with Crippen LogP contribution in [0.5, 0.6) is 0 Å². The first-order chi connectivity index (χ1) is 83.6. The highest BCUT2D eigenvalue weighted by atomic mass is 16.3. The lowest BCUT2D eigenvalue weighted by Gasteiger charge is -2.23. The molecule has 3 heterocycles. The highest BCUT2D eigenvalue weighted by Gasteiger charge is 2.39. The number of furan rings is 3. The molecular formula is C147H98O3. The van der Waals surface area contributed by atoms with Crippen LogP contribution >= 0.6 is 0 Å². The van der Waals surface area contributed by atoms with Crippen molar-refractivity contribution in [2.45, 2.75) is 57.8 Å². The Morgan fingerprint density at radius 1 is 0.153 bits per heavy atom. The van der Waals surface area contributed by atoms with E-state index in [1.165, 1.54) is 50.1 Å². The Bertz CT molecular complexity index is 12200. The van der Waals surface area contributed by atoms with Crippen LogP contribution in [0, 0.1) is 0 Å². The quantitative estimate of drug-likeness (QED) is 0.142. The lowest BCUT2D eigenvalue weighted by Crippen LogP contribution is -2.14. The van der Waals surface area contributed by atoms with Gasteiger partial charge in [-0.2, -0.15) is 0 Å². The topological polar surface area (TPSA) is 39.4 Å². The Balaban J connectivity index is 0.000000115. The summed E-state index contributed by atoms with van der Waals surface area (Å²) >= 11 is 0. The van der Waals surface area contributed by atoms with Crippen LogP contribution in [-0.2, 0) is 16.2 Å². The molecule has 0 unspecified atom stereocenters. The largest absolute Gasteiger partial charge is 0.456 e. The van der Waals surface area contributed by atoms with Gasteiger partial charge >= 0.3 is 0 Å². The monoisotopic (exact) mass is 1930 g/mol. The maximum Gasteiger partial charge on any atom is 0.136 e. The third-order valence-corrected chi connectivity index (χ3v) is 32.1. The standard InChI is InChI=1S/2C51H34O.C45H30O/c1-51(2)44-21-10-9-16-37(44)38-25-22-33(30-45(38)51)32-13-11-14-34(28-32)48-39-17-5-7-19-41(39)49(42-20-8-6-18-40(42)48)35-24-26-46-43(29-35)50-36-15-4-3-12-31(36)23-27-47(50)52-46;1-51(2)44-18-10-9-13-37(44)38-26-23-34(30-45(38)51)31-19-21-33(22-20-31)48-39-14-5-7-16-41(39)49(42-17-8-6-15-40(42)48)35-25-27-46-43(29-35)50-36-12-4-3-11-32(36)24-28-47(50)52-46;1-45(2)38-18-10-9-13-31(38)32-22-19-29(26-39(32)45)43-35-16-7-5-14-33(35)42(34-15-6-8-17-36(34)43)28-21-23-40-37(25-28)44-30-12-4-3-11-27(30)20-24-41(44)46-40/h2*3-30H,1-2H3;3-26H,1-2H3/i5D,6D,7D,8D,17D,18D,19D,20D;2*5D,6D,7D,8D,14D,15D,16D,17D. The first-order valence-corrected chi connectivity index (χ1v) is 50.5. The first kappa shape index (κ1) is 65.8. The van der Waals surface area contributed by atoms with E-state index in [1.54, 1.807) is 18.2 Å². The Kier molecular flexibility index (Phi) is 14.6. The second-order valence-electron chi connectivity index (χ2n) is 41.1. The molecule has 0 saturated heterocycles. The average Bonchev–Trinajstić information content (AvgIpc) is 0.811. The van der Waals surface area contributed by atoms with E-state index in [0.717, 1.165) is 104 Å². The summed E-state index contributed by atoms with van der Waals surface area (Å²) in [5.41, 5.74) is 26.4. The maximum absolute atomic E-state index is 9.49. The molecule has 0 atom stereocenters. The SMILES string of the molecule is [2H]c1c([2H])c([2H])c2c(-c3ccc4oc5ccc6ccccc6c5c4c3)c3c([2H])c([2H])c([2H])c([2H])c3c(-c3ccc(-c4ccc5c(c4)C(C)(C)c4ccccc4-5)cc3)c2c1[2H].[2H]c1c([2H])c([2H])c2c(-c3ccc4oc5ccc6ccccc6c5c4c3)c3c([2H])c([2H])c([2H])c([2H])c3c(-c3ccc4c(c3)C(C)(C)c3ccccc3-4)c2c1[2H].[2H]c1c([2H])c([2H])c2c(-c3ccc4oc5ccc6ccccc6c5c4c3)c3c([2H])c([2H])c([2H])c([2H])c3c(-c3cccc(-c4ccc5c(c4)C(C)(C)c4ccccc4-5)c3)c2c1[2H]. The van der Waals surface area contributed by atoms with Gasteiger partial charge in [0.25, 0.3) is 0 Å². The highest BCUT2D eigenvalue weighted by Crippen LogP contribution is 2.58. The van der Waals surface area contributed by atoms with Crippen LogP contribution in [0.4, 0.5) is 0 Å². The molecule has 3 aliphatic rings. The molecule has 3 nitrogen and oxygen atoms in total. The van der Waals surface area contributed by atoms with Gasteiger partial charge in [-0.05, 0) is 332 Å². The Labute approximate surface area is 902 Å². The summed E-state index contributed by atoms with van der Waals surface area (Å²) in [5.74, 6) is 0. The van der Waals surface area contributed by atoms with Gasteiger partial charge in [0.2, 0.25) is 0 Å². The molecule has 0 fully saturated rings. The smallest absolute Gasteiger partial charge is 0.136 e. The summed E-state index contributed by atoms with van der Waals surface area (Å²) < 4.78 is 239. The molecule has 26 aromatic carbocycles. The van der Waals surface area contributed by atoms with Gasteiger partial charge in [0.15, 0.2) is 0 Å². The van der Waals surface area contributed by atoms with Crippen LogP contribution in [0.3, 0.4) is 0 Å². The third-order valence-electron chi connectivity index (χ3n) is 32.1. The van der Waals surface area contributed by atoms with Gasteiger partial charge in [0, 0.05) is 48.6 Å². The minimum absolute atomic E-state index is 0.174.